The third-order valence-electron chi connectivity index (χ3n) is 1.07. The molecule has 0 atom stereocenters. The molecule has 13 heavy (non-hydrogen) atoms. The molecule has 0 amide bonds. The smallest absolute Gasteiger partial charge is 0.191 e. The second kappa shape index (κ2) is 4.99. The zero-order valence-corrected chi connectivity index (χ0v) is 8.47. The van der Waals surface area contributed by atoms with Crippen molar-refractivity contribution < 1.29 is 4.79 Å². The monoisotopic (exact) mass is 214 g/mol. The van der Waals surface area contributed by atoms with Crippen molar-refractivity contribution >= 4 is 29.1 Å². The first-order chi connectivity index (χ1) is 6.18. The molecule has 0 saturated heterocycles. The van der Waals surface area contributed by atoms with E-state index in [0.29, 0.717) is 10.2 Å². The molecule has 0 bridgehead atoms. The molecule has 1 aromatic rings. The molecule has 0 N–H and O–H groups in total. The average molecular weight is 215 g/mol. The summed E-state index contributed by atoms with van der Waals surface area (Å²) in [5.41, 5.74) is 0. The Kier molecular flexibility index (Phi) is 3.92. The van der Waals surface area contributed by atoms with Gasteiger partial charge in [0.1, 0.15) is 0 Å². The lowest BCUT2D eigenvalue weighted by Crippen LogP contribution is -1.83. The molecule has 0 saturated carbocycles. The fourth-order valence-corrected chi connectivity index (χ4v) is 1.26. The summed E-state index contributed by atoms with van der Waals surface area (Å²) in [5, 5.41) is 2.72. The van der Waals surface area contributed by atoms with E-state index in [0.717, 1.165) is 0 Å². The maximum absolute atomic E-state index is 10.5. The van der Waals surface area contributed by atoms with E-state index in [1.807, 2.05) is 0 Å². The van der Waals surface area contributed by atoms with Gasteiger partial charge in [-0.05, 0) is 18.4 Å². The maximum Gasteiger partial charge on any atom is 0.191 e. The number of thioether (sulfide) groups is 1. The second-order valence-corrected chi connectivity index (χ2v) is 3.52. The summed E-state index contributed by atoms with van der Waals surface area (Å²) in [6.07, 6.45) is 4.49. The highest BCUT2D eigenvalue weighted by molar-refractivity contribution is 8.02. The Bertz CT molecular complexity index is 323. The number of ketones is 1. The van der Waals surface area contributed by atoms with Crippen LogP contribution in [0, 0.1) is 0 Å². The van der Waals surface area contributed by atoms with E-state index in [4.69, 9.17) is 11.6 Å². The molecule has 3 nitrogen and oxygen atoms in total. The molecular weight excluding hydrogens is 208 g/mol. The fraction of sp³-hybridized carbons (Fsp3) is 0.125. The lowest BCUT2D eigenvalue weighted by molar-refractivity contribution is -0.112. The van der Waals surface area contributed by atoms with Gasteiger partial charge in [0.15, 0.2) is 10.9 Å². The minimum absolute atomic E-state index is 0.00136. The number of hydrogen-bond acceptors (Lipinski definition) is 4. The Hall–Kier alpha value is -0.870. The van der Waals surface area contributed by atoms with Gasteiger partial charge in [0.25, 0.3) is 0 Å². The standard InChI is InChI=1S/C8H7ClN2OS/c1-6(12)2-3-13-8-10-4-7(9)5-11-8/h2-5H,1H3. The molecule has 0 aliphatic carbocycles. The summed E-state index contributed by atoms with van der Waals surface area (Å²) in [6, 6.07) is 0. The van der Waals surface area contributed by atoms with Gasteiger partial charge in [0.2, 0.25) is 0 Å². The van der Waals surface area contributed by atoms with Crippen molar-refractivity contribution in [1.29, 1.82) is 0 Å². The lowest BCUT2D eigenvalue weighted by Gasteiger charge is -1.92. The zero-order valence-electron chi connectivity index (χ0n) is 6.90. The van der Waals surface area contributed by atoms with Crippen LogP contribution in [0.15, 0.2) is 29.0 Å². The van der Waals surface area contributed by atoms with E-state index < -0.39 is 0 Å². The van der Waals surface area contributed by atoms with Crippen LogP contribution < -0.4 is 0 Å². The van der Waals surface area contributed by atoms with Crippen LogP contribution in [-0.4, -0.2) is 15.8 Å². The molecule has 0 aromatic carbocycles. The van der Waals surface area contributed by atoms with E-state index in [1.165, 1.54) is 37.2 Å². The van der Waals surface area contributed by atoms with Crippen molar-refractivity contribution in [3.05, 3.63) is 28.9 Å². The van der Waals surface area contributed by atoms with Gasteiger partial charge in [-0.25, -0.2) is 9.97 Å². The van der Waals surface area contributed by atoms with Crippen LogP contribution in [0.1, 0.15) is 6.92 Å². The van der Waals surface area contributed by atoms with E-state index in [9.17, 15) is 4.79 Å². The average Bonchev–Trinajstić information content (AvgIpc) is 2.08. The quantitative estimate of drug-likeness (QED) is 0.440. The molecule has 1 heterocycles. The summed E-state index contributed by atoms with van der Waals surface area (Å²) in [7, 11) is 0. The third kappa shape index (κ3) is 4.05. The number of rotatable bonds is 3. The van der Waals surface area contributed by atoms with Crippen LogP contribution in [0.4, 0.5) is 0 Å². The van der Waals surface area contributed by atoms with Gasteiger partial charge < -0.3 is 0 Å². The van der Waals surface area contributed by atoms with Crippen LogP contribution in [0.5, 0.6) is 0 Å². The third-order valence-corrected chi connectivity index (χ3v) is 1.96. The van der Waals surface area contributed by atoms with Gasteiger partial charge in [0.05, 0.1) is 17.4 Å². The first-order valence-corrected chi connectivity index (χ1v) is 4.75. The highest BCUT2D eigenvalue weighted by Gasteiger charge is 1.93. The molecule has 68 valence electrons. The molecule has 5 heteroatoms. The van der Waals surface area contributed by atoms with Crippen molar-refractivity contribution in [3.63, 3.8) is 0 Å². The van der Waals surface area contributed by atoms with Crippen molar-refractivity contribution in [2.24, 2.45) is 0 Å². The first-order valence-electron chi connectivity index (χ1n) is 3.50. The predicted octanol–water partition coefficient (Wildman–Crippen LogP) is 2.32. The van der Waals surface area contributed by atoms with Gasteiger partial charge in [-0.15, -0.1) is 0 Å². The first kappa shape index (κ1) is 10.2. The summed E-state index contributed by atoms with van der Waals surface area (Å²) in [4.78, 5) is 18.4. The number of hydrogen-bond donors (Lipinski definition) is 0. The number of allylic oxidation sites excluding steroid dienone is 1. The van der Waals surface area contributed by atoms with Crippen molar-refractivity contribution in [1.82, 2.24) is 9.97 Å². The normalized spacial score (nSPS) is 10.6. The number of carbonyl (C=O) groups is 1. The van der Waals surface area contributed by atoms with E-state index >= 15 is 0 Å². The van der Waals surface area contributed by atoms with Crippen LogP contribution in [0.2, 0.25) is 5.02 Å². The summed E-state index contributed by atoms with van der Waals surface area (Å²) in [5.74, 6) is 0.00136. The molecule has 1 aromatic heterocycles. The molecular formula is C8H7ClN2OS. The summed E-state index contributed by atoms with van der Waals surface area (Å²) < 4.78 is 0. The zero-order chi connectivity index (χ0) is 9.68. The lowest BCUT2D eigenvalue weighted by atomic mass is 10.5. The van der Waals surface area contributed by atoms with E-state index in [-0.39, 0.29) is 5.78 Å². The van der Waals surface area contributed by atoms with E-state index in [1.54, 1.807) is 5.41 Å². The predicted molar refractivity (Wildman–Crippen MR) is 52.7 cm³/mol. The fourth-order valence-electron chi connectivity index (χ4n) is 0.552. The van der Waals surface area contributed by atoms with Gasteiger partial charge in [-0.2, -0.15) is 0 Å². The Labute approximate surface area is 85.2 Å². The Morgan fingerprint density at radius 3 is 2.69 bits per heavy atom. The molecule has 1 rings (SSSR count). The maximum atomic E-state index is 10.5. The van der Waals surface area contributed by atoms with Crippen LogP contribution in [0.25, 0.3) is 0 Å². The molecule has 0 fully saturated rings. The van der Waals surface area contributed by atoms with Crippen molar-refractivity contribution in [2.75, 3.05) is 0 Å². The highest BCUT2D eigenvalue weighted by atomic mass is 35.5. The second-order valence-electron chi connectivity index (χ2n) is 2.22. The SMILES string of the molecule is CC(=O)C=CSc1ncc(Cl)cn1. The topological polar surface area (TPSA) is 42.9 Å². The van der Waals surface area contributed by atoms with Crippen LogP contribution >= 0.6 is 23.4 Å². The molecule has 0 radical (unpaired) electrons. The van der Waals surface area contributed by atoms with Crippen LogP contribution in [-0.2, 0) is 4.79 Å². The highest BCUT2D eigenvalue weighted by Crippen LogP contribution is 2.14. The Morgan fingerprint density at radius 1 is 1.54 bits per heavy atom. The summed E-state index contributed by atoms with van der Waals surface area (Å²) >= 11 is 6.86. The number of aromatic nitrogens is 2. The minimum atomic E-state index is 0.00136. The number of nitrogens with zero attached hydrogens (tertiary/aromatic N) is 2. The molecule has 0 aliphatic rings. The Morgan fingerprint density at radius 2 is 2.15 bits per heavy atom. The largest absolute Gasteiger partial charge is 0.295 e. The van der Waals surface area contributed by atoms with Gasteiger partial charge >= 0.3 is 0 Å². The minimum Gasteiger partial charge on any atom is -0.295 e. The summed E-state index contributed by atoms with van der Waals surface area (Å²) in [6.45, 7) is 1.49. The Balaban J connectivity index is 2.55. The van der Waals surface area contributed by atoms with Crippen LogP contribution in [0.3, 0.4) is 0 Å². The van der Waals surface area contributed by atoms with Gasteiger partial charge in [-0.3, -0.25) is 4.79 Å². The molecule has 0 aliphatic heterocycles. The molecule has 0 spiro atoms. The van der Waals surface area contributed by atoms with Gasteiger partial charge in [-0.1, -0.05) is 23.4 Å². The van der Waals surface area contributed by atoms with Crippen molar-refractivity contribution in [3.8, 4) is 0 Å². The van der Waals surface area contributed by atoms with E-state index in [2.05, 4.69) is 9.97 Å². The van der Waals surface area contributed by atoms with Gasteiger partial charge in [0, 0.05) is 0 Å². The molecule has 0 unspecified atom stereocenters. The van der Waals surface area contributed by atoms with Crippen molar-refractivity contribution in [2.45, 2.75) is 12.1 Å². The number of carbonyl (C=O) groups excluding carboxylic acids is 1. The number of halogens is 1.